The third kappa shape index (κ3) is 5.19. The molecule has 1 unspecified atom stereocenters. The summed E-state index contributed by atoms with van der Waals surface area (Å²) in [7, 11) is 1.31. The SMILES string of the molecule is COc1c2ccc(C(F)(F)F)cc2nn1CC(C)(C#N)NC(=S)c1ccc(C(F)(F)F)cc1. The number of benzene rings is 2. The highest BCUT2D eigenvalue weighted by molar-refractivity contribution is 7.80. The molecule has 1 aromatic heterocycles. The molecule has 1 heterocycles. The maximum atomic E-state index is 13.0. The third-order valence-corrected chi connectivity index (χ3v) is 5.13. The first-order chi connectivity index (χ1) is 15.3. The van der Waals surface area contributed by atoms with E-state index < -0.39 is 29.0 Å². The van der Waals surface area contributed by atoms with E-state index in [-0.39, 0.29) is 28.5 Å². The van der Waals surface area contributed by atoms with Crippen LogP contribution in [0.3, 0.4) is 0 Å². The lowest BCUT2D eigenvalue weighted by Crippen LogP contribution is -2.47. The number of fused-ring (bicyclic) bond motifs is 1. The number of ether oxygens (including phenoxy) is 1. The van der Waals surface area contributed by atoms with Crippen LogP contribution in [-0.4, -0.2) is 27.4 Å². The summed E-state index contributed by atoms with van der Waals surface area (Å²) >= 11 is 5.24. The molecule has 0 aliphatic carbocycles. The second-order valence-electron chi connectivity index (χ2n) is 7.37. The lowest BCUT2D eigenvalue weighted by atomic mass is 10.0. The van der Waals surface area contributed by atoms with E-state index in [4.69, 9.17) is 17.0 Å². The van der Waals surface area contributed by atoms with E-state index in [0.29, 0.717) is 5.39 Å². The number of hydrogen-bond acceptors (Lipinski definition) is 4. The summed E-state index contributed by atoms with van der Waals surface area (Å²) in [5.41, 5.74) is -2.86. The maximum Gasteiger partial charge on any atom is 0.416 e. The Morgan fingerprint density at radius 1 is 1.06 bits per heavy atom. The van der Waals surface area contributed by atoms with Gasteiger partial charge in [0.15, 0.2) is 0 Å². The predicted molar refractivity (Wildman–Crippen MR) is 112 cm³/mol. The molecule has 2 aromatic carbocycles. The molecule has 0 saturated carbocycles. The second-order valence-corrected chi connectivity index (χ2v) is 7.78. The van der Waals surface area contributed by atoms with Crippen LogP contribution in [-0.2, 0) is 18.9 Å². The van der Waals surface area contributed by atoms with Gasteiger partial charge in [0.1, 0.15) is 10.5 Å². The topological polar surface area (TPSA) is 62.9 Å². The first kappa shape index (κ1) is 24.3. The molecule has 0 amide bonds. The van der Waals surface area contributed by atoms with Crippen LogP contribution in [0.2, 0.25) is 0 Å². The van der Waals surface area contributed by atoms with Crippen molar-refractivity contribution in [3.8, 4) is 11.9 Å². The Morgan fingerprint density at radius 2 is 1.64 bits per heavy atom. The van der Waals surface area contributed by atoms with Gasteiger partial charge in [0.05, 0.1) is 41.8 Å². The van der Waals surface area contributed by atoms with Crippen LogP contribution in [0.5, 0.6) is 5.88 Å². The van der Waals surface area contributed by atoms with E-state index in [1.165, 1.54) is 36.9 Å². The Balaban J connectivity index is 1.88. The van der Waals surface area contributed by atoms with Crippen LogP contribution < -0.4 is 10.1 Å². The summed E-state index contributed by atoms with van der Waals surface area (Å²) in [4.78, 5) is 0.0165. The third-order valence-electron chi connectivity index (χ3n) is 4.79. The van der Waals surface area contributed by atoms with Gasteiger partial charge in [0.2, 0.25) is 5.88 Å². The Morgan fingerprint density at radius 3 is 2.15 bits per heavy atom. The van der Waals surface area contributed by atoms with Gasteiger partial charge in [-0.2, -0.15) is 36.7 Å². The lowest BCUT2D eigenvalue weighted by molar-refractivity contribution is -0.138. The number of aromatic nitrogens is 2. The van der Waals surface area contributed by atoms with E-state index in [2.05, 4.69) is 10.4 Å². The highest BCUT2D eigenvalue weighted by atomic mass is 32.1. The Kier molecular flexibility index (Phi) is 6.30. The highest BCUT2D eigenvalue weighted by Gasteiger charge is 2.33. The molecule has 12 heteroatoms. The largest absolute Gasteiger partial charge is 0.481 e. The molecular weight excluding hydrogens is 470 g/mol. The molecule has 0 radical (unpaired) electrons. The second kappa shape index (κ2) is 8.55. The van der Waals surface area contributed by atoms with Crippen LogP contribution in [0.15, 0.2) is 42.5 Å². The fourth-order valence-electron chi connectivity index (χ4n) is 3.14. The number of methoxy groups -OCH3 is 1. The molecule has 0 saturated heterocycles. The molecule has 0 aliphatic heterocycles. The zero-order valence-corrected chi connectivity index (χ0v) is 18.0. The number of thiocarbonyl (C=S) groups is 1. The number of nitrogens with one attached hydrogen (secondary N) is 1. The minimum absolute atomic E-state index is 0.0165. The zero-order chi connectivity index (χ0) is 24.6. The standard InChI is InChI=1S/C21H16F6N4OS/c1-19(10-28,29-17(33)12-3-5-13(6-4-12)20(22,23)24)11-31-18(32-2)15-8-7-14(21(25,26)27)9-16(15)30-31/h3-9H,11H2,1-2H3,(H,29,33). The van der Waals surface area contributed by atoms with Gasteiger partial charge in [-0.1, -0.05) is 24.4 Å². The van der Waals surface area contributed by atoms with Crippen molar-refractivity contribution in [3.05, 3.63) is 59.2 Å². The van der Waals surface area contributed by atoms with Crippen LogP contribution in [0.4, 0.5) is 26.3 Å². The number of nitrogens with zero attached hydrogens (tertiary/aromatic N) is 3. The van der Waals surface area contributed by atoms with Gasteiger partial charge in [0, 0.05) is 5.56 Å². The Labute approximate surface area is 189 Å². The maximum absolute atomic E-state index is 13.0. The number of alkyl halides is 6. The molecule has 3 aromatic rings. The quantitative estimate of drug-likeness (QED) is 0.390. The molecule has 0 fully saturated rings. The summed E-state index contributed by atoms with van der Waals surface area (Å²) in [6, 6.07) is 9.12. The van der Waals surface area contributed by atoms with E-state index >= 15 is 0 Å². The predicted octanol–water partition coefficient (Wildman–Crippen LogP) is 5.33. The average molecular weight is 486 g/mol. The van der Waals surface area contributed by atoms with Crippen molar-refractivity contribution in [1.82, 2.24) is 15.1 Å². The smallest absolute Gasteiger partial charge is 0.416 e. The van der Waals surface area contributed by atoms with Gasteiger partial charge in [-0.25, -0.2) is 4.68 Å². The van der Waals surface area contributed by atoms with Crippen molar-refractivity contribution in [2.75, 3.05) is 7.11 Å². The fraction of sp³-hybridized carbons (Fsp3) is 0.286. The van der Waals surface area contributed by atoms with Gasteiger partial charge in [-0.05, 0) is 37.3 Å². The molecule has 0 aliphatic rings. The molecule has 174 valence electrons. The van der Waals surface area contributed by atoms with E-state index in [9.17, 15) is 31.6 Å². The lowest BCUT2D eigenvalue weighted by Gasteiger charge is -2.25. The van der Waals surface area contributed by atoms with E-state index in [1.54, 1.807) is 0 Å². The zero-order valence-electron chi connectivity index (χ0n) is 17.2. The van der Waals surface area contributed by atoms with Crippen LogP contribution in [0, 0.1) is 11.3 Å². The normalized spacial score (nSPS) is 13.9. The van der Waals surface area contributed by atoms with Gasteiger partial charge in [0.25, 0.3) is 0 Å². The molecule has 0 spiro atoms. The van der Waals surface area contributed by atoms with E-state index in [0.717, 1.165) is 24.3 Å². The minimum Gasteiger partial charge on any atom is -0.481 e. The van der Waals surface area contributed by atoms with Crippen LogP contribution >= 0.6 is 12.2 Å². The summed E-state index contributed by atoms with van der Waals surface area (Å²) in [5.74, 6) is 0.141. The Hall–Kier alpha value is -3.33. The summed E-state index contributed by atoms with van der Waals surface area (Å²) in [6.45, 7) is 1.29. The van der Waals surface area contributed by atoms with Crippen molar-refractivity contribution in [1.29, 1.82) is 5.26 Å². The monoisotopic (exact) mass is 486 g/mol. The average Bonchev–Trinajstić information content (AvgIpc) is 3.08. The summed E-state index contributed by atoms with van der Waals surface area (Å²) in [5, 5.41) is 17.0. The molecule has 33 heavy (non-hydrogen) atoms. The Bertz CT molecular complexity index is 1230. The number of hydrogen-bond donors (Lipinski definition) is 1. The summed E-state index contributed by atoms with van der Waals surface area (Å²) in [6.07, 6.45) is -9.05. The van der Waals surface area contributed by atoms with Crippen molar-refractivity contribution in [3.63, 3.8) is 0 Å². The molecule has 1 atom stereocenters. The van der Waals surface area contributed by atoms with Crippen molar-refractivity contribution in [2.24, 2.45) is 0 Å². The van der Waals surface area contributed by atoms with Crippen molar-refractivity contribution >= 4 is 28.1 Å². The van der Waals surface area contributed by atoms with Gasteiger partial charge >= 0.3 is 12.4 Å². The molecular formula is C21H16F6N4OS. The molecule has 0 bridgehead atoms. The molecule has 5 nitrogen and oxygen atoms in total. The molecule has 3 rings (SSSR count). The van der Waals surface area contributed by atoms with Gasteiger partial charge in [-0.15, -0.1) is 0 Å². The number of rotatable bonds is 5. The van der Waals surface area contributed by atoms with E-state index in [1.807, 2.05) is 6.07 Å². The number of nitriles is 1. The minimum atomic E-state index is -4.55. The van der Waals surface area contributed by atoms with Gasteiger partial charge in [-0.3, -0.25) is 0 Å². The van der Waals surface area contributed by atoms with Gasteiger partial charge < -0.3 is 10.1 Å². The first-order valence-electron chi connectivity index (χ1n) is 9.30. The number of halogens is 6. The van der Waals surface area contributed by atoms with Crippen molar-refractivity contribution in [2.45, 2.75) is 31.4 Å². The highest BCUT2D eigenvalue weighted by Crippen LogP contribution is 2.34. The van der Waals surface area contributed by atoms with Crippen LogP contribution in [0.1, 0.15) is 23.6 Å². The first-order valence-corrected chi connectivity index (χ1v) is 9.71. The molecule has 1 N–H and O–H groups in total. The van der Waals surface area contributed by atoms with Crippen molar-refractivity contribution < 1.29 is 31.1 Å². The summed E-state index contributed by atoms with van der Waals surface area (Å²) < 4.78 is 83.9. The van der Waals surface area contributed by atoms with Crippen LogP contribution in [0.25, 0.3) is 10.9 Å². The fourth-order valence-corrected chi connectivity index (χ4v) is 3.51.